The van der Waals surface area contributed by atoms with Crippen LogP contribution in [0.2, 0.25) is 0 Å². The first-order chi connectivity index (χ1) is 9.85. The summed E-state index contributed by atoms with van der Waals surface area (Å²) in [6, 6.07) is 1.87. The maximum Gasteiger partial charge on any atom is 0.312 e. The molecule has 0 aliphatic heterocycles. The van der Waals surface area contributed by atoms with Crippen LogP contribution in [-0.4, -0.2) is 32.8 Å². The van der Waals surface area contributed by atoms with E-state index < -0.39 is 0 Å². The zero-order chi connectivity index (χ0) is 15.7. The van der Waals surface area contributed by atoms with Gasteiger partial charge in [-0.2, -0.15) is 5.10 Å². The molecule has 6 heteroatoms. The molecule has 0 saturated carbocycles. The lowest BCUT2D eigenvalue weighted by Crippen LogP contribution is -2.13. The van der Waals surface area contributed by atoms with Gasteiger partial charge in [-0.25, -0.2) is 14.6 Å². The number of rotatable bonds is 3. The minimum atomic E-state index is -0.354. The second-order valence-corrected chi connectivity index (χ2v) is 5.16. The van der Waals surface area contributed by atoms with Gasteiger partial charge in [0.15, 0.2) is 5.82 Å². The molecule has 0 N–H and O–H groups in total. The maximum absolute atomic E-state index is 11.8. The van der Waals surface area contributed by atoms with Crippen molar-refractivity contribution in [1.29, 1.82) is 0 Å². The molecule has 0 radical (unpaired) electrons. The first kappa shape index (κ1) is 15.2. The number of nitrogens with zero attached hydrogens (tertiary/aromatic N) is 4. The first-order valence-corrected chi connectivity index (χ1v) is 6.81. The smallest absolute Gasteiger partial charge is 0.312 e. The zero-order valence-electron chi connectivity index (χ0n) is 13.3. The third kappa shape index (κ3) is 2.79. The van der Waals surface area contributed by atoms with E-state index in [1.165, 1.54) is 7.11 Å². The van der Waals surface area contributed by atoms with E-state index in [0.717, 1.165) is 22.6 Å². The van der Waals surface area contributed by atoms with Gasteiger partial charge in [0.25, 0.3) is 0 Å². The summed E-state index contributed by atoms with van der Waals surface area (Å²) in [5.74, 6) is 0.785. The van der Waals surface area contributed by atoms with Crippen molar-refractivity contribution in [3.8, 4) is 5.82 Å². The fourth-order valence-electron chi connectivity index (χ4n) is 2.60. The predicted molar refractivity (Wildman–Crippen MR) is 78.5 cm³/mol. The highest BCUT2D eigenvalue weighted by molar-refractivity contribution is 5.78. The van der Waals surface area contributed by atoms with Crippen molar-refractivity contribution in [1.82, 2.24) is 19.7 Å². The van der Waals surface area contributed by atoms with Crippen molar-refractivity contribution < 1.29 is 9.53 Å². The van der Waals surface area contributed by atoms with Crippen LogP contribution in [0, 0.1) is 27.7 Å². The van der Waals surface area contributed by atoms with Crippen LogP contribution in [0.1, 0.15) is 41.3 Å². The average molecular weight is 288 g/mol. The molecule has 0 aliphatic rings. The molecule has 0 aliphatic carbocycles. The molecule has 2 heterocycles. The van der Waals surface area contributed by atoms with E-state index in [9.17, 15) is 4.79 Å². The number of carbonyl (C=O) groups is 1. The summed E-state index contributed by atoms with van der Waals surface area (Å²) < 4.78 is 6.58. The standard InChI is InChI=1S/C15H20N4O2/c1-8-7-13(17-12(5)16-8)19-11(4)14(10(3)18-19)9(2)15(20)21-6/h7,9H,1-6H3. The minimum Gasteiger partial charge on any atom is -0.469 e. The molecule has 21 heavy (non-hydrogen) atoms. The number of aryl methyl sites for hydroxylation is 3. The largest absolute Gasteiger partial charge is 0.469 e. The highest BCUT2D eigenvalue weighted by atomic mass is 16.5. The summed E-state index contributed by atoms with van der Waals surface area (Å²) in [4.78, 5) is 20.5. The molecule has 2 aromatic heterocycles. The quantitative estimate of drug-likeness (QED) is 0.810. The molecule has 0 spiro atoms. The molecule has 0 saturated heterocycles. The van der Waals surface area contributed by atoms with Crippen molar-refractivity contribution in [2.75, 3.05) is 7.11 Å². The minimum absolute atomic E-state index is 0.268. The van der Waals surface area contributed by atoms with Gasteiger partial charge in [-0.05, 0) is 34.6 Å². The Hall–Kier alpha value is -2.24. The molecule has 0 bridgehead atoms. The highest BCUT2D eigenvalue weighted by Gasteiger charge is 2.24. The molecule has 1 unspecified atom stereocenters. The maximum atomic E-state index is 11.8. The van der Waals surface area contributed by atoms with E-state index in [2.05, 4.69) is 15.1 Å². The Morgan fingerprint density at radius 3 is 2.48 bits per heavy atom. The summed E-state index contributed by atoms with van der Waals surface area (Å²) in [6.45, 7) is 9.41. The number of carbonyl (C=O) groups excluding carboxylic acids is 1. The van der Waals surface area contributed by atoms with Gasteiger partial charge in [-0.3, -0.25) is 4.79 Å². The van der Waals surface area contributed by atoms with E-state index in [1.807, 2.05) is 40.7 Å². The van der Waals surface area contributed by atoms with Crippen molar-refractivity contribution >= 4 is 5.97 Å². The van der Waals surface area contributed by atoms with E-state index in [4.69, 9.17) is 4.74 Å². The molecular formula is C15H20N4O2. The molecule has 112 valence electrons. The van der Waals surface area contributed by atoms with Crippen molar-refractivity contribution in [3.63, 3.8) is 0 Å². The molecule has 2 rings (SSSR count). The molecule has 0 aromatic carbocycles. The Morgan fingerprint density at radius 2 is 1.90 bits per heavy atom. The fraction of sp³-hybridized carbons (Fsp3) is 0.467. The van der Waals surface area contributed by atoms with Crippen LogP contribution in [0.5, 0.6) is 0 Å². The second-order valence-electron chi connectivity index (χ2n) is 5.16. The number of hydrogen-bond donors (Lipinski definition) is 0. The van der Waals surface area contributed by atoms with Gasteiger partial charge in [0.05, 0.1) is 18.7 Å². The Morgan fingerprint density at radius 1 is 1.24 bits per heavy atom. The molecular weight excluding hydrogens is 268 g/mol. The van der Waals surface area contributed by atoms with Crippen molar-refractivity contribution in [2.45, 2.75) is 40.5 Å². The molecule has 1 atom stereocenters. The number of esters is 1. The third-order valence-corrected chi connectivity index (χ3v) is 3.50. The topological polar surface area (TPSA) is 69.9 Å². The number of methoxy groups -OCH3 is 1. The van der Waals surface area contributed by atoms with Crippen LogP contribution in [0.25, 0.3) is 5.82 Å². The van der Waals surface area contributed by atoms with Crippen LogP contribution in [0.4, 0.5) is 0 Å². The lowest BCUT2D eigenvalue weighted by atomic mass is 9.99. The lowest BCUT2D eigenvalue weighted by molar-refractivity contribution is -0.142. The number of hydrogen-bond acceptors (Lipinski definition) is 5. The van der Waals surface area contributed by atoms with Gasteiger partial charge < -0.3 is 4.74 Å². The Bertz CT molecular complexity index is 671. The SMILES string of the molecule is COC(=O)C(C)c1c(C)nn(-c2cc(C)nc(C)n2)c1C. The molecule has 0 fully saturated rings. The average Bonchev–Trinajstić information content (AvgIpc) is 2.71. The second kappa shape index (κ2) is 5.63. The normalized spacial score (nSPS) is 12.3. The summed E-state index contributed by atoms with van der Waals surface area (Å²) >= 11 is 0. The van der Waals surface area contributed by atoms with Crippen LogP contribution < -0.4 is 0 Å². The highest BCUT2D eigenvalue weighted by Crippen LogP contribution is 2.26. The lowest BCUT2D eigenvalue weighted by Gasteiger charge is -2.10. The van der Waals surface area contributed by atoms with Crippen LogP contribution in [0.15, 0.2) is 6.07 Å². The fourth-order valence-corrected chi connectivity index (χ4v) is 2.60. The van der Waals surface area contributed by atoms with Gasteiger partial charge in [0, 0.05) is 23.0 Å². The predicted octanol–water partition coefficient (Wildman–Crippen LogP) is 2.17. The van der Waals surface area contributed by atoms with Crippen LogP contribution in [-0.2, 0) is 9.53 Å². The van der Waals surface area contributed by atoms with Gasteiger partial charge in [-0.1, -0.05) is 0 Å². The van der Waals surface area contributed by atoms with E-state index in [-0.39, 0.29) is 11.9 Å². The summed E-state index contributed by atoms with van der Waals surface area (Å²) in [7, 11) is 1.39. The van der Waals surface area contributed by atoms with E-state index in [0.29, 0.717) is 11.6 Å². The summed E-state index contributed by atoms with van der Waals surface area (Å²) in [6.07, 6.45) is 0. The van der Waals surface area contributed by atoms with Crippen molar-refractivity contribution in [2.24, 2.45) is 0 Å². The van der Waals surface area contributed by atoms with Crippen LogP contribution >= 0.6 is 0 Å². The van der Waals surface area contributed by atoms with E-state index >= 15 is 0 Å². The number of aromatic nitrogens is 4. The van der Waals surface area contributed by atoms with Gasteiger partial charge in [0.1, 0.15) is 5.82 Å². The number of ether oxygens (including phenoxy) is 1. The first-order valence-electron chi connectivity index (χ1n) is 6.81. The van der Waals surface area contributed by atoms with Crippen molar-refractivity contribution in [3.05, 3.63) is 34.5 Å². The summed E-state index contributed by atoms with van der Waals surface area (Å²) in [5, 5.41) is 4.52. The monoisotopic (exact) mass is 288 g/mol. The molecule has 2 aromatic rings. The van der Waals surface area contributed by atoms with Gasteiger partial charge in [0.2, 0.25) is 0 Å². The van der Waals surface area contributed by atoms with Gasteiger partial charge in [-0.15, -0.1) is 0 Å². The van der Waals surface area contributed by atoms with E-state index in [1.54, 1.807) is 4.68 Å². The Labute approximate surface area is 124 Å². The third-order valence-electron chi connectivity index (χ3n) is 3.50. The van der Waals surface area contributed by atoms with Crippen LogP contribution in [0.3, 0.4) is 0 Å². The molecule has 6 nitrogen and oxygen atoms in total. The summed E-state index contributed by atoms with van der Waals surface area (Å²) in [5.41, 5.74) is 3.46. The zero-order valence-corrected chi connectivity index (χ0v) is 13.3. The molecule has 0 amide bonds. The van der Waals surface area contributed by atoms with Gasteiger partial charge >= 0.3 is 5.97 Å². The Kier molecular flexibility index (Phi) is 4.06. The Balaban J connectivity index is 2.55.